The van der Waals surface area contributed by atoms with Gasteiger partial charge in [0.15, 0.2) is 0 Å². The number of nitrogens with zero attached hydrogens (tertiary/aromatic N) is 3. The van der Waals surface area contributed by atoms with E-state index in [1.165, 1.54) is 7.11 Å². The zero-order valence-corrected chi connectivity index (χ0v) is 17.7. The molecule has 3 aromatic heterocycles. The van der Waals surface area contributed by atoms with E-state index in [2.05, 4.69) is 20.3 Å². The van der Waals surface area contributed by atoms with Gasteiger partial charge in [-0.3, -0.25) is 9.78 Å². The molecule has 0 bridgehead atoms. The number of amides is 1. The van der Waals surface area contributed by atoms with E-state index in [0.29, 0.717) is 29.3 Å². The van der Waals surface area contributed by atoms with Crippen molar-refractivity contribution in [1.29, 1.82) is 0 Å². The lowest BCUT2D eigenvalue weighted by molar-refractivity contribution is -0.117. The fourth-order valence-corrected chi connectivity index (χ4v) is 3.58. The van der Waals surface area contributed by atoms with Crippen molar-refractivity contribution in [3.8, 4) is 17.0 Å². The summed E-state index contributed by atoms with van der Waals surface area (Å²) in [6.07, 6.45) is 3.47. The standard InChI is InChI=1S/C23H25FN4O3/c1-4-5-20(29)19-6-12(2)16(11-25-19)14-7-13-10-26-21(9-18(13)27-23(14)31-3)28-22(30)15-8-17(15)24/h6-7,9-11,15,17,20,29H,4-5,8H2,1-3H3,(H,26,28,30)/t15-,17+,20-/m1/s1. The molecule has 1 aliphatic rings. The molecule has 8 heteroatoms. The molecule has 3 heterocycles. The second-order valence-electron chi connectivity index (χ2n) is 7.88. The number of pyridine rings is 3. The van der Waals surface area contributed by atoms with E-state index in [4.69, 9.17) is 4.74 Å². The third-order valence-electron chi connectivity index (χ3n) is 5.48. The number of halogens is 1. The highest BCUT2D eigenvalue weighted by molar-refractivity contribution is 5.96. The average molecular weight is 424 g/mol. The van der Waals surface area contributed by atoms with Crippen LogP contribution in [0.5, 0.6) is 5.88 Å². The molecule has 31 heavy (non-hydrogen) atoms. The molecule has 3 atom stereocenters. The van der Waals surface area contributed by atoms with Gasteiger partial charge in [-0.15, -0.1) is 0 Å². The minimum Gasteiger partial charge on any atom is -0.481 e. The van der Waals surface area contributed by atoms with Crippen molar-refractivity contribution in [2.75, 3.05) is 12.4 Å². The van der Waals surface area contributed by atoms with E-state index in [-0.39, 0.29) is 12.3 Å². The molecule has 4 rings (SSSR count). The Labute approximate surface area is 179 Å². The lowest BCUT2D eigenvalue weighted by Gasteiger charge is -2.14. The fraction of sp³-hybridized carbons (Fsp3) is 0.391. The summed E-state index contributed by atoms with van der Waals surface area (Å²) in [7, 11) is 1.54. The quantitative estimate of drug-likeness (QED) is 0.592. The van der Waals surface area contributed by atoms with Crippen LogP contribution in [0.2, 0.25) is 0 Å². The Morgan fingerprint density at radius 1 is 1.29 bits per heavy atom. The number of anilines is 1. The highest BCUT2D eigenvalue weighted by atomic mass is 19.1. The second-order valence-corrected chi connectivity index (χ2v) is 7.88. The van der Waals surface area contributed by atoms with Crippen molar-refractivity contribution in [1.82, 2.24) is 15.0 Å². The number of rotatable bonds is 7. The van der Waals surface area contributed by atoms with E-state index in [0.717, 1.165) is 28.5 Å². The molecule has 1 fully saturated rings. The molecular weight excluding hydrogens is 399 g/mol. The summed E-state index contributed by atoms with van der Waals surface area (Å²) >= 11 is 0. The number of alkyl halides is 1. The van der Waals surface area contributed by atoms with Crippen LogP contribution in [-0.4, -0.2) is 39.2 Å². The molecule has 0 saturated heterocycles. The van der Waals surface area contributed by atoms with E-state index < -0.39 is 18.2 Å². The number of aromatic nitrogens is 3. The number of aliphatic hydroxyl groups is 1. The Morgan fingerprint density at radius 3 is 2.71 bits per heavy atom. The minimum absolute atomic E-state index is 0.260. The molecule has 1 saturated carbocycles. The van der Waals surface area contributed by atoms with Gasteiger partial charge in [0, 0.05) is 35.0 Å². The number of ether oxygens (including phenoxy) is 1. The van der Waals surface area contributed by atoms with Crippen LogP contribution in [-0.2, 0) is 4.79 Å². The number of aryl methyl sites for hydroxylation is 1. The lowest BCUT2D eigenvalue weighted by atomic mass is 10.00. The summed E-state index contributed by atoms with van der Waals surface area (Å²) in [6, 6.07) is 5.43. The molecule has 2 N–H and O–H groups in total. The van der Waals surface area contributed by atoms with Gasteiger partial charge in [0.25, 0.3) is 0 Å². The summed E-state index contributed by atoms with van der Waals surface area (Å²) in [6.45, 7) is 3.97. The molecule has 1 amide bonds. The minimum atomic E-state index is -1.06. The first-order valence-electron chi connectivity index (χ1n) is 10.4. The van der Waals surface area contributed by atoms with Crippen LogP contribution < -0.4 is 10.1 Å². The Kier molecular flexibility index (Phi) is 5.82. The van der Waals surface area contributed by atoms with Crippen LogP contribution in [0.1, 0.15) is 43.5 Å². The SMILES string of the molecule is CCC[C@@H](O)c1cc(C)c(-c2cc3cnc(NC(=O)[C@@H]4C[C@@H]4F)cc3nc2OC)cn1. The van der Waals surface area contributed by atoms with Crippen molar-refractivity contribution in [2.45, 2.75) is 45.4 Å². The third kappa shape index (κ3) is 4.34. The van der Waals surface area contributed by atoms with Gasteiger partial charge < -0.3 is 15.2 Å². The normalized spacial score (nSPS) is 18.6. The van der Waals surface area contributed by atoms with Crippen LogP contribution in [0.4, 0.5) is 10.2 Å². The van der Waals surface area contributed by atoms with Crippen LogP contribution in [0.3, 0.4) is 0 Å². The molecule has 162 valence electrons. The molecule has 0 aromatic carbocycles. The Hall–Kier alpha value is -3.13. The van der Waals surface area contributed by atoms with E-state index in [1.807, 2.05) is 26.0 Å². The largest absolute Gasteiger partial charge is 0.481 e. The summed E-state index contributed by atoms with van der Waals surface area (Å²) in [5, 5.41) is 13.6. The molecule has 0 unspecified atom stereocenters. The maximum atomic E-state index is 13.1. The summed E-state index contributed by atoms with van der Waals surface area (Å²) < 4.78 is 18.6. The molecule has 0 radical (unpaired) electrons. The van der Waals surface area contributed by atoms with Crippen LogP contribution in [0.25, 0.3) is 22.0 Å². The molecule has 1 aliphatic carbocycles. The first kappa shape index (κ1) is 21.1. The van der Waals surface area contributed by atoms with Gasteiger partial charge in [-0.2, -0.15) is 0 Å². The zero-order valence-electron chi connectivity index (χ0n) is 17.7. The molecular formula is C23H25FN4O3. The maximum Gasteiger partial charge on any atom is 0.231 e. The number of carbonyl (C=O) groups excluding carboxylic acids is 1. The predicted molar refractivity (Wildman–Crippen MR) is 116 cm³/mol. The van der Waals surface area contributed by atoms with Gasteiger partial charge >= 0.3 is 0 Å². The van der Waals surface area contributed by atoms with E-state index >= 15 is 0 Å². The first-order chi connectivity index (χ1) is 14.9. The summed E-state index contributed by atoms with van der Waals surface area (Å²) in [5.41, 5.74) is 3.79. The van der Waals surface area contributed by atoms with Gasteiger partial charge in [-0.1, -0.05) is 13.3 Å². The monoisotopic (exact) mass is 424 g/mol. The predicted octanol–water partition coefficient (Wildman–Crippen LogP) is 4.14. The fourth-order valence-electron chi connectivity index (χ4n) is 3.58. The van der Waals surface area contributed by atoms with Crippen molar-refractivity contribution in [3.63, 3.8) is 0 Å². The maximum absolute atomic E-state index is 13.1. The van der Waals surface area contributed by atoms with Crippen LogP contribution in [0, 0.1) is 12.8 Å². The summed E-state index contributed by atoms with van der Waals surface area (Å²) in [5.74, 6) is -0.216. The van der Waals surface area contributed by atoms with Crippen molar-refractivity contribution in [2.24, 2.45) is 5.92 Å². The Balaban J connectivity index is 1.67. The van der Waals surface area contributed by atoms with Crippen molar-refractivity contribution >= 4 is 22.6 Å². The number of methoxy groups -OCH3 is 1. The van der Waals surface area contributed by atoms with Crippen molar-refractivity contribution in [3.05, 3.63) is 41.9 Å². The highest BCUT2D eigenvalue weighted by Crippen LogP contribution is 2.36. The Bertz CT molecular complexity index is 1140. The number of aliphatic hydroxyl groups excluding tert-OH is 1. The second kappa shape index (κ2) is 8.55. The van der Waals surface area contributed by atoms with Gasteiger partial charge in [-0.05, 0) is 37.5 Å². The van der Waals surface area contributed by atoms with Crippen molar-refractivity contribution < 1.29 is 19.0 Å². The lowest BCUT2D eigenvalue weighted by Crippen LogP contribution is -2.15. The highest BCUT2D eigenvalue weighted by Gasteiger charge is 2.43. The van der Waals surface area contributed by atoms with Gasteiger partial charge in [-0.25, -0.2) is 14.4 Å². The number of hydrogen-bond donors (Lipinski definition) is 2. The first-order valence-corrected chi connectivity index (χ1v) is 10.4. The Morgan fingerprint density at radius 2 is 2.06 bits per heavy atom. The molecule has 0 spiro atoms. The van der Waals surface area contributed by atoms with Crippen LogP contribution >= 0.6 is 0 Å². The average Bonchev–Trinajstić information content (AvgIpc) is 3.49. The van der Waals surface area contributed by atoms with Gasteiger partial charge in [0.2, 0.25) is 11.8 Å². The number of fused-ring (bicyclic) bond motifs is 1. The third-order valence-corrected chi connectivity index (χ3v) is 5.48. The number of carbonyl (C=O) groups is 1. The molecule has 7 nitrogen and oxygen atoms in total. The summed E-state index contributed by atoms with van der Waals surface area (Å²) in [4.78, 5) is 25.3. The number of nitrogens with one attached hydrogen (secondary N) is 1. The number of hydrogen-bond acceptors (Lipinski definition) is 6. The molecule has 0 aliphatic heterocycles. The smallest absolute Gasteiger partial charge is 0.231 e. The van der Waals surface area contributed by atoms with Crippen LogP contribution in [0.15, 0.2) is 30.6 Å². The topological polar surface area (TPSA) is 97.2 Å². The van der Waals surface area contributed by atoms with E-state index in [1.54, 1.807) is 18.5 Å². The van der Waals surface area contributed by atoms with Gasteiger partial charge in [0.05, 0.1) is 30.3 Å². The zero-order chi connectivity index (χ0) is 22.1. The van der Waals surface area contributed by atoms with E-state index in [9.17, 15) is 14.3 Å². The van der Waals surface area contributed by atoms with Gasteiger partial charge in [0.1, 0.15) is 12.0 Å². The molecule has 3 aromatic rings.